The molecule has 0 atom stereocenters. The third kappa shape index (κ3) is 4.62. The van der Waals surface area contributed by atoms with Crippen molar-refractivity contribution in [3.63, 3.8) is 0 Å². The van der Waals surface area contributed by atoms with Crippen molar-refractivity contribution in [2.45, 2.75) is 13.3 Å². The number of carbonyl (C=O) groups excluding carboxylic acids is 2. The zero-order valence-electron chi connectivity index (χ0n) is 11.5. The minimum Gasteiger partial charge on any atom is -0.493 e. The quantitative estimate of drug-likeness (QED) is 0.705. The number of carbonyl (C=O) groups is 2. The molecule has 0 unspecified atom stereocenters. The second kappa shape index (κ2) is 7.41. The van der Waals surface area contributed by atoms with Crippen molar-refractivity contribution in [2.75, 3.05) is 27.3 Å². The fraction of sp³-hybridized carbons (Fsp3) is 0.429. The Morgan fingerprint density at radius 2 is 2.05 bits per heavy atom. The molecular formula is C14H19NO4. The molecular weight excluding hydrogens is 246 g/mol. The lowest BCUT2D eigenvalue weighted by Crippen LogP contribution is -2.27. The molecule has 0 radical (unpaired) electrons. The molecule has 19 heavy (non-hydrogen) atoms. The molecule has 0 aromatic heterocycles. The first kappa shape index (κ1) is 15.0. The molecule has 0 spiro atoms. The van der Waals surface area contributed by atoms with Gasteiger partial charge in [-0.2, -0.15) is 0 Å². The summed E-state index contributed by atoms with van der Waals surface area (Å²) in [5.41, 5.74) is 0.399. The summed E-state index contributed by atoms with van der Waals surface area (Å²) < 4.78 is 10.8. The molecule has 0 heterocycles. The molecule has 104 valence electrons. The molecule has 0 fully saturated rings. The van der Waals surface area contributed by atoms with Gasteiger partial charge in [-0.3, -0.25) is 9.59 Å². The number of likely N-dealkylation sites (N-methyl/N-ethyl adjacent to an activating group) is 1. The average molecular weight is 265 g/mol. The summed E-state index contributed by atoms with van der Waals surface area (Å²) in [5, 5.41) is 0. The maximum Gasteiger partial charge on any atom is 0.259 e. The van der Waals surface area contributed by atoms with E-state index in [9.17, 15) is 9.59 Å². The van der Waals surface area contributed by atoms with Crippen molar-refractivity contribution < 1.29 is 19.1 Å². The number of aldehydes is 1. The Hall–Kier alpha value is -2.04. The van der Waals surface area contributed by atoms with E-state index in [-0.39, 0.29) is 12.5 Å². The van der Waals surface area contributed by atoms with Crippen molar-refractivity contribution in [1.82, 2.24) is 4.90 Å². The molecule has 1 aromatic carbocycles. The predicted molar refractivity (Wildman–Crippen MR) is 71.8 cm³/mol. The Morgan fingerprint density at radius 1 is 1.32 bits per heavy atom. The van der Waals surface area contributed by atoms with E-state index in [1.165, 1.54) is 4.90 Å². The molecule has 0 bridgehead atoms. The van der Waals surface area contributed by atoms with Crippen LogP contribution in [0.3, 0.4) is 0 Å². The highest BCUT2D eigenvalue weighted by Gasteiger charge is 2.09. The van der Waals surface area contributed by atoms with Crippen LogP contribution >= 0.6 is 0 Å². The van der Waals surface area contributed by atoms with Crippen LogP contribution in [0.15, 0.2) is 18.2 Å². The Kier molecular flexibility index (Phi) is 5.85. The monoisotopic (exact) mass is 265 g/mol. The van der Waals surface area contributed by atoms with Gasteiger partial charge in [-0.15, -0.1) is 0 Å². The molecule has 0 aliphatic rings. The summed E-state index contributed by atoms with van der Waals surface area (Å²) >= 11 is 0. The van der Waals surface area contributed by atoms with E-state index < -0.39 is 0 Å². The molecule has 0 saturated carbocycles. The molecule has 0 aliphatic heterocycles. The van der Waals surface area contributed by atoms with Crippen molar-refractivity contribution in [3.8, 4) is 11.5 Å². The van der Waals surface area contributed by atoms with Gasteiger partial charge in [0, 0.05) is 20.2 Å². The van der Waals surface area contributed by atoms with Gasteiger partial charge < -0.3 is 14.4 Å². The molecule has 0 N–H and O–H groups in total. The molecule has 1 rings (SSSR count). The van der Waals surface area contributed by atoms with E-state index in [1.807, 2.05) is 6.92 Å². The van der Waals surface area contributed by atoms with E-state index in [4.69, 9.17) is 9.47 Å². The van der Waals surface area contributed by atoms with Crippen LogP contribution < -0.4 is 9.47 Å². The van der Waals surface area contributed by atoms with Gasteiger partial charge in [0.15, 0.2) is 12.9 Å². The fourth-order valence-electron chi connectivity index (χ4n) is 1.32. The lowest BCUT2D eigenvalue weighted by Gasteiger charge is -2.13. The molecule has 0 aliphatic carbocycles. The first-order chi connectivity index (χ1) is 9.08. The summed E-state index contributed by atoms with van der Waals surface area (Å²) in [7, 11) is 3.29. The number of benzene rings is 1. The van der Waals surface area contributed by atoms with Gasteiger partial charge in [0.2, 0.25) is 0 Å². The number of hydrogen-bond acceptors (Lipinski definition) is 4. The number of ether oxygens (including phenoxy) is 2. The topological polar surface area (TPSA) is 55.8 Å². The summed E-state index contributed by atoms with van der Waals surface area (Å²) in [6.07, 6.45) is 1.59. The fourth-order valence-corrected chi connectivity index (χ4v) is 1.32. The van der Waals surface area contributed by atoms with Gasteiger partial charge in [0.1, 0.15) is 11.5 Å². The van der Waals surface area contributed by atoms with Gasteiger partial charge in [-0.1, -0.05) is 6.92 Å². The van der Waals surface area contributed by atoms with Crippen LogP contribution in [0.2, 0.25) is 0 Å². The van der Waals surface area contributed by atoms with Gasteiger partial charge in [-0.05, 0) is 18.6 Å². The van der Waals surface area contributed by atoms with Crippen molar-refractivity contribution in [2.24, 2.45) is 0 Å². The molecule has 1 amide bonds. The maximum absolute atomic E-state index is 11.5. The Morgan fingerprint density at radius 3 is 2.63 bits per heavy atom. The highest BCUT2D eigenvalue weighted by atomic mass is 16.5. The minimum atomic E-state index is -0.170. The molecule has 5 heteroatoms. The Labute approximate surface area is 113 Å². The lowest BCUT2D eigenvalue weighted by atomic mass is 10.2. The first-order valence-electron chi connectivity index (χ1n) is 6.13. The van der Waals surface area contributed by atoms with Crippen LogP contribution in [-0.2, 0) is 4.79 Å². The van der Waals surface area contributed by atoms with Gasteiger partial charge in [0.05, 0.1) is 12.2 Å². The van der Waals surface area contributed by atoms with Crippen LogP contribution in [0.4, 0.5) is 0 Å². The van der Waals surface area contributed by atoms with E-state index in [2.05, 4.69) is 0 Å². The van der Waals surface area contributed by atoms with E-state index >= 15 is 0 Å². The van der Waals surface area contributed by atoms with Crippen LogP contribution in [0.5, 0.6) is 11.5 Å². The predicted octanol–water partition coefficient (Wildman–Crippen LogP) is 1.75. The smallest absolute Gasteiger partial charge is 0.259 e. The highest BCUT2D eigenvalue weighted by molar-refractivity contribution is 5.81. The van der Waals surface area contributed by atoms with Crippen LogP contribution in [0.1, 0.15) is 23.7 Å². The van der Waals surface area contributed by atoms with Crippen LogP contribution in [0.25, 0.3) is 0 Å². The zero-order chi connectivity index (χ0) is 14.3. The van der Waals surface area contributed by atoms with Crippen LogP contribution in [0, 0.1) is 0 Å². The first-order valence-corrected chi connectivity index (χ1v) is 6.13. The van der Waals surface area contributed by atoms with E-state index in [1.54, 1.807) is 32.3 Å². The van der Waals surface area contributed by atoms with Crippen molar-refractivity contribution >= 4 is 12.2 Å². The number of hydrogen-bond donors (Lipinski definition) is 0. The summed E-state index contributed by atoms with van der Waals surface area (Å²) in [6, 6.07) is 4.95. The molecule has 5 nitrogen and oxygen atoms in total. The highest BCUT2D eigenvalue weighted by Crippen LogP contribution is 2.24. The van der Waals surface area contributed by atoms with Crippen molar-refractivity contribution in [3.05, 3.63) is 23.8 Å². The van der Waals surface area contributed by atoms with Crippen LogP contribution in [-0.4, -0.2) is 44.4 Å². The second-order valence-electron chi connectivity index (χ2n) is 4.24. The third-order valence-corrected chi connectivity index (χ3v) is 2.43. The summed E-state index contributed by atoms with van der Waals surface area (Å²) in [6.45, 7) is 2.49. The Bertz CT molecular complexity index is 443. The number of amides is 1. The number of rotatable bonds is 7. The summed E-state index contributed by atoms with van der Waals surface area (Å²) in [4.78, 5) is 23.8. The van der Waals surface area contributed by atoms with E-state index in [0.29, 0.717) is 30.0 Å². The van der Waals surface area contributed by atoms with Gasteiger partial charge in [0.25, 0.3) is 5.91 Å². The normalized spacial score (nSPS) is 9.84. The molecule has 0 saturated heterocycles. The standard InChI is InChI=1S/C14H19NO4/c1-4-7-18-12-6-5-11(9-16)13(8-12)19-10-14(17)15(2)3/h5-6,8-9H,4,7,10H2,1-3H3. The molecule has 1 aromatic rings. The zero-order valence-corrected chi connectivity index (χ0v) is 11.5. The Balaban J connectivity index is 2.78. The largest absolute Gasteiger partial charge is 0.493 e. The van der Waals surface area contributed by atoms with Gasteiger partial charge in [-0.25, -0.2) is 0 Å². The van der Waals surface area contributed by atoms with Crippen molar-refractivity contribution in [1.29, 1.82) is 0 Å². The van der Waals surface area contributed by atoms with E-state index in [0.717, 1.165) is 6.42 Å². The minimum absolute atomic E-state index is 0.106. The maximum atomic E-state index is 11.5. The van der Waals surface area contributed by atoms with Gasteiger partial charge >= 0.3 is 0 Å². The third-order valence-electron chi connectivity index (χ3n) is 2.43. The average Bonchev–Trinajstić information content (AvgIpc) is 2.42. The lowest BCUT2D eigenvalue weighted by molar-refractivity contribution is -0.130. The number of nitrogens with zero attached hydrogens (tertiary/aromatic N) is 1. The SMILES string of the molecule is CCCOc1ccc(C=O)c(OCC(=O)N(C)C)c1. The second-order valence-corrected chi connectivity index (χ2v) is 4.24. The summed E-state index contributed by atoms with van der Waals surface area (Å²) in [5.74, 6) is 0.815.